The number of benzene rings is 2. The number of esters is 1. The van der Waals surface area contributed by atoms with Crippen molar-refractivity contribution in [3.63, 3.8) is 0 Å². The molecule has 0 aliphatic rings. The first-order valence-electron chi connectivity index (χ1n) is 9.18. The normalized spacial score (nSPS) is 11.9. The van der Waals surface area contributed by atoms with Crippen LogP contribution in [0.2, 0.25) is 0 Å². The Kier molecular flexibility index (Phi) is 6.16. The molecule has 3 aromatic rings. The molecule has 3 rings (SSSR count). The van der Waals surface area contributed by atoms with E-state index >= 15 is 0 Å². The predicted octanol–water partition coefficient (Wildman–Crippen LogP) is 3.59. The maximum atomic E-state index is 13.7. The Bertz CT molecular complexity index is 1030. The lowest BCUT2D eigenvalue weighted by Gasteiger charge is -2.19. The van der Waals surface area contributed by atoms with Gasteiger partial charge in [0.2, 0.25) is 5.91 Å². The smallest absolute Gasteiger partial charge is 0.307 e. The number of hydrogen-bond donors (Lipinski definition) is 2. The van der Waals surface area contributed by atoms with E-state index < -0.39 is 12.0 Å². The van der Waals surface area contributed by atoms with Crippen LogP contribution in [0.5, 0.6) is 5.75 Å². The first-order valence-corrected chi connectivity index (χ1v) is 9.18. The van der Waals surface area contributed by atoms with E-state index in [0.29, 0.717) is 11.1 Å². The molecule has 0 bridgehead atoms. The Balaban J connectivity index is 1.81. The van der Waals surface area contributed by atoms with Gasteiger partial charge < -0.3 is 19.8 Å². The summed E-state index contributed by atoms with van der Waals surface area (Å²) in [6.07, 6.45) is 0.0547. The summed E-state index contributed by atoms with van der Waals surface area (Å²) in [5.74, 6) is -0.396. The van der Waals surface area contributed by atoms with Crippen molar-refractivity contribution in [2.75, 3.05) is 14.2 Å². The summed E-state index contributed by atoms with van der Waals surface area (Å²) in [6, 6.07) is 11.0. The molecule has 29 heavy (non-hydrogen) atoms. The zero-order valence-electron chi connectivity index (χ0n) is 16.5. The number of fused-ring (bicyclic) bond motifs is 1. The summed E-state index contributed by atoms with van der Waals surface area (Å²) in [7, 11) is 2.87. The summed E-state index contributed by atoms with van der Waals surface area (Å²) in [6.45, 7) is 1.84. The Morgan fingerprint density at radius 2 is 1.86 bits per heavy atom. The molecule has 2 aromatic carbocycles. The molecule has 7 heteroatoms. The van der Waals surface area contributed by atoms with Crippen molar-refractivity contribution in [1.29, 1.82) is 0 Å². The molecule has 1 aromatic heterocycles. The van der Waals surface area contributed by atoms with E-state index in [1.807, 2.05) is 6.92 Å². The van der Waals surface area contributed by atoms with Crippen molar-refractivity contribution >= 4 is 22.8 Å². The zero-order valence-corrected chi connectivity index (χ0v) is 16.5. The highest BCUT2D eigenvalue weighted by atomic mass is 19.1. The minimum absolute atomic E-state index is 0.00391. The molecular formula is C22H23FN2O4. The number of aryl methyl sites for hydroxylation is 1. The number of halogens is 1. The second kappa shape index (κ2) is 8.77. The zero-order chi connectivity index (χ0) is 21.0. The average Bonchev–Trinajstić information content (AvgIpc) is 3.02. The molecule has 1 heterocycles. The van der Waals surface area contributed by atoms with E-state index in [4.69, 9.17) is 9.47 Å². The monoisotopic (exact) mass is 398 g/mol. The van der Waals surface area contributed by atoms with Crippen molar-refractivity contribution in [2.24, 2.45) is 0 Å². The van der Waals surface area contributed by atoms with Crippen LogP contribution in [-0.2, 0) is 20.7 Å². The van der Waals surface area contributed by atoms with Gasteiger partial charge in [0.05, 0.1) is 33.1 Å². The number of methoxy groups -OCH3 is 2. The molecule has 2 N–H and O–H groups in total. The number of hydrogen-bond acceptors (Lipinski definition) is 4. The van der Waals surface area contributed by atoms with Gasteiger partial charge in [0.25, 0.3) is 0 Å². The molecule has 6 nitrogen and oxygen atoms in total. The van der Waals surface area contributed by atoms with Gasteiger partial charge in [-0.15, -0.1) is 0 Å². The van der Waals surface area contributed by atoms with E-state index in [-0.39, 0.29) is 24.6 Å². The van der Waals surface area contributed by atoms with E-state index in [1.165, 1.54) is 19.2 Å². The minimum Gasteiger partial charge on any atom is -0.497 e. The highest BCUT2D eigenvalue weighted by molar-refractivity contribution is 5.90. The summed E-state index contributed by atoms with van der Waals surface area (Å²) < 4.78 is 23.6. The number of carbonyl (C=O) groups is 2. The quantitative estimate of drug-likeness (QED) is 0.596. The fourth-order valence-corrected chi connectivity index (χ4v) is 3.33. The van der Waals surface area contributed by atoms with Gasteiger partial charge in [-0.25, -0.2) is 4.39 Å². The Labute approximate surface area is 168 Å². The van der Waals surface area contributed by atoms with Gasteiger partial charge in [0, 0.05) is 16.6 Å². The minimum atomic E-state index is -0.553. The summed E-state index contributed by atoms with van der Waals surface area (Å²) in [4.78, 5) is 27.8. The van der Waals surface area contributed by atoms with E-state index in [0.717, 1.165) is 22.3 Å². The third kappa shape index (κ3) is 4.74. The number of aromatic nitrogens is 1. The van der Waals surface area contributed by atoms with Crippen molar-refractivity contribution in [3.05, 3.63) is 65.1 Å². The third-order valence-corrected chi connectivity index (χ3v) is 4.87. The summed E-state index contributed by atoms with van der Waals surface area (Å²) >= 11 is 0. The molecule has 1 amide bonds. The van der Waals surface area contributed by atoms with Crippen LogP contribution in [0.3, 0.4) is 0 Å². The van der Waals surface area contributed by atoms with Gasteiger partial charge in [-0.05, 0) is 48.4 Å². The molecular weight excluding hydrogens is 375 g/mol. The number of carbonyl (C=O) groups excluding carboxylic acids is 2. The maximum absolute atomic E-state index is 13.7. The average molecular weight is 398 g/mol. The Morgan fingerprint density at radius 3 is 2.52 bits per heavy atom. The van der Waals surface area contributed by atoms with Crippen molar-refractivity contribution < 1.29 is 23.5 Å². The second-order valence-electron chi connectivity index (χ2n) is 6.77. The molecule has 1 atom stereocenters. The van der Waals surface area contributed by atoms with Crippen LogP contribution >= 0.6 is 0 Å². The van der Waals surface area contributed by atoms with Crippen LogP contribution in [0.25, 0.3) is 10.9 Å². The van der Waals surface area contributed by atoms with Crippen LogP contribution < -0.4 is 10.1 Å². The maximum Gasteiger partial charge on any atom is 0.307 e. The number of aromatic amines is 1. The van der Waals surface area contributed by atoms with Gasteiger partial charge in [-0.3, -0.25) is 9.59 Å². The van der Waals surface area contributed by atoms with Crippen molar-refractivity contribution in [1.82, 2.24) is 10.3 Å². The van der Waals surface area contributed by atoms with E-state index in [1.54, 1.807) is 37.4 Å². The highest BCUT2D eigenvalue weighted by Crippen LogP contribution is 2.25. The van der Waals surface area contributed by atoms with Crippen molar-refractivity contribution in [3.8, 4) is 5.75 Å². The number of ether oxygens (including phenoxy) is 2. The molecule has 1 unspecified atom stereocenters. The Morgan fingerprint density at radius 1 is 1.14 bits per heavy atom. The molecule has 152 valence electrons. The SMILES string of the molecule is COC(=O)CC(NC(=O)Cc1c(C)[nH]c2ccc(F)cc12)c1ccc(OC)cc1. The molecule has 0 saturated carbocycles. The van der Waals surface area contributed by atoms with Crippen LogP contribution in [0.4, 0.5) is 4.39 Å². The van der Waals surface area contributed by atoms with Crippen LogP contribution in [0, 0.1) is 12.7 Å². The molecule has 0 spiro atoms. The number of nitrogens with one attached hydrogen (secondary N) is 2. The third-order valence-electron chi connectivity index (χ3n) is 4.87. The number of amides is 1. The fraction of sp³-hybridized carbons (Fsp3) is 0.273. The van der Waals surface area contributed by atoms with Crippen molar-refractivity contribution in [2.45, 2.75) is 25.8 Å². The molecule has 0 aliphatic carbocycles. The standard InChI is InChI=1S/C22H23FN2O4/c1-13-17(18-10-15(23)6-9-19(18)24-13)11-21(26)25-20(12-22(27)29-3)14-4-7-16(28-2)8-5-14/h4-10,20,24H,11-12H2,1-3H3,(H,25,26). The lowest BCUT2D eigenvalue weighted by molar-refractivity contribution is -0.141. The Hall–Kier alpha value is -3.35. The predicted molar refractivity (Wildman–Crippen MR) is 107 cm³/mol. The lowest BCUT2D eigenvalue weighted by atomic mass is 10.0. The van der Waals surface area contributed by atoms with Gasteiger partial charge in [0.15, 0.2) is 0 Å². The van der Waals surface area contributed by atoms with Gasteiger partial charge in [-0.1, -0.05) is 12.1 Å². The second-order valence-corrected chi connectivity index (χ2v) is 6.77. The lowest BCUT2D eigenvalue weighted by Crippen LogP contribution is -2.31. The highest BCUT2D eigenvalue weighted by Gasteiger charge is 2.21. The van der Waals surface area contributed by atoms with Gasteiger partial charge >= 0.3 is 5.97 Å². The summed E-state index contributed by atoms with van der Waals surface area (Å²) in [5.41, 5.74) is 3.05. The molecule has 0 radical (unpaired) electrons. The first kappa shape index (κ1) is 20.4. The van der Waals surface area contributed by atoms with Crippen LogP contribution in [0.1, 0.15) is 29.3 Å². The first-order chi connectivity index (χ1) is 13.9. The largest absolute Gasteiger partial charge is 0.497 e. The molecule has 0 aliphatic heterocycles. The van der Waals surface area contributed by atoms with Gasteiger partial charge in [-0.2, -0.15) is 0 Å². The molecule has 0 saturated heterocycles. The van der Waals surface area contributed by atoms with E-state index in [2.05, 4.69) is 10.3 Å². The van der Waals surface area contributed by atoms with Crippen LogP contribution in [-0.4, -0.2) is 31.1 Å². The topological polar surface area (TPSA) is 80.4 Å². The summed E-state index contributed by atoms with van der Waals surface area (Å²) in [5, 5.41) is 3.57. The van der Waals surface area contributed by atoms with Gasteiger partial charge in [0.1, 0.15) is 11.6 Å². The number of H-pyrrole nitrogens is 1. The fourth-order valence-electron chi connectivity index (χ4n) is 3.33. The van der Waals surface area contributed by atoms with E-state index in [9.17, 15) is 14.0 Å². The van der Waals surface area contributed by atoms with Crippen LogP contribution in [0.15, 0.2) is 42.5 Å². The molecule has 0 fully saturated rings. The number of rotatable bonds is 7.